The second-order valence-corrected chi connectivity index (χ2v) is 20.6. The lowest BCUT2D eigenvalue weighted by molar-refractivity contribution is -0.163. The molecule has 9 atom stereocenters. The Hall–Kier alpha value is -2.48. The Morgan fingerprint density at radius 3 is 2.09 bits per heavy atom. The van der Waals surface area contributed by atoms with E-state index in [1.54, 1.807) is 0 Å². The van der Waals surface area contributed by atoms with Crippen molar-refractivity contribution in [2.75, 3.05) is 6.61 Å². The summed E-state index contributed by atoms with van der Waals surface area (Å²) < 4.78 is 17.9. The molecule has 256 valence electrons. The predicted molar refractivity (Wildman–Crippen MR) is 187 cm³/mol. The fourth-order valence-electron chi connectivity index (χ4n) is 10.8. The first-order valence-corrected chi connectivity index (χ1v) is 19.9. The van der Waals surface area contributed by atoms with Crippen molar-refractivity contribution < 1.29 is 28.6 Å². The molecule has 0 aromatic heterocycles. The van der Waals surface area contributed by atoms with Crippen LogP contribution in [0.1, 0.15) is 99.8 Å². The first-order valence-electron chi connectivity index (χ1n) is 18.0. The second-order valence-electron chi connectivity index (χ2n) is 16.7. The molecule has 4 fully saturated rings. The summed E-state index contributed by atoms with van der Waals surface area (Å²) in [6, 6.07) is 20.7. The van der Waals surface area contributed by atoms with Gasteiger partial charge in [-0.05, 0) is 96.9 Å². The van der Waals surface area contributed by atoms with Crippen LogP contribution in [0.2, 0.25) is 5.04 Å². The van der Waals surface area contributed by atoms with E-state index < -0.39 is 8.32 Å². The highest BCUT2D eigenvalue weighted by atomic mass is 28.4. The molecule has 2 aromatic rings. The summed E-state index contributed by atoms with van der Waals surface area (Å²) in [4.78, 5) is 37.0. The lowest BCUT2D eigenvalue weighted by atomic mass is 9.48. The van der Waals surface area contributed by atoms with Gasteiger partial charge in [-0.1, -0.05) is 88.4 Å². The van der Waals surface area contributed by atoms with Crippen LogP contribution >= 0.6 is 0 Å². The van der Waals surface area contributed by atoms with Crippen LogP contribution in [-0.2, 0) is 23.8 Å². The molecular weight excluding hydrogens is 605 g/mol. The third kappa shape index (κ3) is 5.82. The number of ether oxygens (including phenoxy) is 3. The van der Waals surface area contributed by atoms with Gasteiger partial charge in [0.05, 0.1) is 18.3 Å². The van der Waals surface area contributed by atoms with E-state index in [0.29, 0.717) is 30.5 Å². The molecule has 0 spiro atoms. The molecule has 4 aliphatic rings. The Bertz CT molecular complexity index is 1410. The SMILES string of the molecule is CC(=O)OC[C@H]1C[C@@H](OC(C)=O)CC[C@]1(C)[C@H]1CC[C@@]2(C)[C@@H](C[C@H]3O[C@]32C)[C@@H]1CCC(C)(C)[Si](O)(c1ccccc1)c1ccccc1. The third-order valence-electron chi connectivity index (χ3n) is 14.0. The van der Waals surface area contributed by atoms with Crippen LogP contribution in [0.15, 0.2) is 60.7 Å². The van der Waals surface area contributed by atoms with E-state index in [-0.39, 0.29) is 45.4 Å². The number of rotatable bonds is 10. The number of esters is 2. The maximum absolute atomic E-state index is 13.0. The van der Waals surface area contributed by atoms with Gasteiger partial charge in [0, 0.05) is 25.2 Å². The summed E-state index contributed by atoms with van der Waals surface area (Å²) in [6.45, 7) is 15.2. The maximum atomic E-state index is 13.0. The molecule has 2 aromatic carbocycles. The largest absolute Gasteiger partial charge is 0.466 e. The van der Waals surface area contributed by atoms with Crippen molar-refractivity contribution in [1.82, 2.24) is 0 Å². The smallest absolute Gasteiger partial charge is 0.302 e. The summed E-state index contributed by atoms with van der Waals surface area (Å²) >= 11 is 0. The summed E-state index contributed by atoms with van der Waals surface area (Å²) in [7, 11) is -3.16. The minimum atomic E-state index is -3.16. The van der Waals surface area contributed by atoms with Gasteiger partial charge in [-0.3, -0.25) is 9.59 Å². The van der Waals surface area contributed by atoms with Crippen molar-refractivity contribution in [3.8, 4) is 0 Å². The minimum absolute atomic E-state index is 0.0506. The van der Waals surface area contributed by atoms with E-state index in [4.69, 9.17) is 14.2 Å². The quantitative estimate of drug-likeness (QED) is 0.171. The molecule has 3 aliphatic carbocycles. The number of hydrogen-bond donors (Lipinski definition) is 1. The first-order chi connectivity index (χ1) is 22.2. The fraction of sp³-hybridized carbons (Fsp3) is 0.650. The third-order valence-corrected chi connectivity index (χ3v) is 18.5. The number of carbonyl (C=O) groups is 2. The average molecular weight is 661 g/mol. The summed E-state index contributed by atoms with van der Waals surface area (Å²) in [6.07, 6.45) is 7.95. The number of epoxide rings is 1. The van der Waals surface area contributed by atoms with Crippen molar-refractivity contribution in [2.24, 2.45) is 34.5 Å². The lowest BCUT2D eigenvalue weighted by Crippen LogP contribution is -2.65. The Labute approximate surface area is 283 Å². The molecule has 47 heavy (non-hydrogen) atoms. The van der Waals surface area contributed by atoms with Gasteiger partial charge >= 0.3 is 11.9 Å². The molecule has 7 heteroatoms. The second kappa shape index (κ2) is 12.4. The zero-order valence-corrected chi connectivity index (χ0v) is 30.6. The van der Waals surface area contributed by atoms with Gasteiger partial charge in [-0.15, -0.1) is 0 Å². The molecule has 3 saturated carbocycles. The Balaban J connectivity index is 1.35. The zero-order valence-electron chi connectivity index (χ0n) is 29.6. The molecule has 6 nitrogen and oxygen atoms in total. The van der Waals surface area contributed by atoms with Gasteiger partial charge in [-0.2, -0.15) is 0 Å². The highest BCUT2D eigenvalue weighted by Gasteiger charge is 2.74. The molecule has 0 radical (unpaired) electrons. The van der Waals surface area contributed by atoms with Crippen molar-refractivity contribution in [3.63, 3.8) is 0 Å². The van der Waals surface area contributed by atoms with Crippen LogP contribution in [0.5, 0.6) is 0 Å². The van der Waals surface area contributed by atoms with E-state index in [1.165, 1.54) is 13.8 Å². The van der Waals surface area contributed by atoms with Crippen molar-refractivity contribution in [2.45, 2.75) is 123 Å². The fourth-order valence-corrected chi connectivity index (χ4v) is 14.6. The van der Waals surface area contributed by atoms with E-state index in [2.05, 4.69) is 83.1 Å². The highest BCUT2D eigenvalue weighted by molar-refractivity contribution is 6.98. The van der Waals surface area contributed by atoms with Crippen molar-refractivity contribution in [3.05, 3.63) is 60.7 Å². The summed E-state index contributed by atoms with van der Waals surface area (Å²) in [5.74, 6) is 1.01. The van der Waals surface area contributed by atoms with Crippen molar-refractivity contribution in [1.29, 1.82) is 0 Å². The average Bonchev–Trinajstić information content (AvgIpc) is 3.66. The van der Waals surface area contributed by atoms with E-state index in [1.807, 2.05) is 12.1 Å². The molecule has 1 aliphatic heterocycles. The van der Waals surface area contributed by atoms with Gasteiger partial charge in [0.1, 0.15) is 6.10 Å². The number of carbonyl (C=O) groups excluding carboxylic acids is 2. The number of benzene rings is 2. The van der Waals surface area contributed by atoms with Gasteiger partial charge < -0.3 is 19.0 Å². The Morgan fingerprint density at radius 2 is 1.51 bits per heavy atom. The van der Waals surface area contributed by atoms with E-state index in [0.717, 1.165) is 61.7 Å². The summed E-state index contributed by atoms with van der Waals surface area (Å²) in [5, 5.41) is 1.78. The van der Waals surface area contributed by atoms with Crippen LogP contribution in [-0.4, -0.2) is 49.5 Å². The molecule has 6 rings (SSSR count). The lowest BCUT2D eigenvalue weighted by Gasteiger charge is -2.58. The molecule has 1 heterocycles. The molecule has 0 unspecified atom stereocenters. The predicted octanol–water partition coefficient (Wildman–Crippen LogP) is 6.81. The van der Waals surface area contributed by atoms with Gasteiger partial charge in [0.25, 0.3) is 8.32 Å². The molecular formula is C40H56O6Si. The van der Waals surface area contributed by atoms with Crippen LogP contribution in [0, 0.1) is 34.5 Å². The Kier molecular flexibility index (Phi) is 9.10. The van der Waals surface area contributed by atoms with Crippen LogP contribution in [0.3, 0.4) is 0 Å². The molecule has 0 amide bonds. The van der Waals surface area contributed by atoms with E-state index >= 15 is 0 Å². The molecule has 0 bridgehead atoms. The maximum Gasteiger partial charge on any atom is 0.302 e. The molecule has 1 N–H and O–H groups in total. The van der Waals surface area contributed by atoms with E-state index in [9.17, 15) is 14.4 Å². The monoisotopic (exact) mass is 660 g/mol. The number of hydrogen-bond acceptors (Lipinski definition) is 6. The molecule has 1 saturated heterocycles. The van der Waals surface area contributed by atoms with Gasteiger partial charge in [0.15, 0.2) is 0 Å². The van der Waals surface area contributed by atoms with Crippen LogP contribution < -0.4 is 10.4 Å². The normalized spacial score (nSPS) is 36.6. The Morgan fingerprint density at radius 1 is 0.894 bits per heavy atom. The number of fused-ring (bicyclic) bond motifs is 3. The van der Waals surface area contributed by atoms with Crippen molar-refractivity contribution >= 4 is 30.6 Å². The zero-order chi connectivity index (χ0) is 33.8. The van der Waals surface area contributed by atoms with Gasteiger partial charge in [0.2, 0.25) is 0 Å². The van der Waals surface area contributed by atoms with Crippen LogP contribution in [0.25, 0.3) is 0 Å². The summed E-state index contributed by atoms with van der Waals surface area (Å²) in [5.41, 5.74) is 0.000623. The minimum Gasteiger partial charge on any atom is -0.466 e. The standard InChI is InChI=1S/C40H56O6Si/c1-27(41)44-26-29-24-30(45-28(2)42)18-22-38(29,5)34-20-23-39(6)35(25-36-40(39,7)46-36)33(34)19-21-37(3,4)47(43,31-14-10-8-11-15-31)32-16-12-9-13-17-32/h8-17,29-30,33-36,43H,18-26H2,1-7H3/t29-,30+,33-,34+,35+,36-,38+,39+,40-/m1/s1. The van der Waals surface area contributed by atoms with Gasteiger partial charge in [-0.25, -0.2) is 0 Å². The first kappa shape index (κ1) is 34.4. The van der Waals surface area contributed by atoms with Crippen LogP contribution in [0.4, 0.5) is 0 Å². The topological polar surface area (TPSA) is 85.4 Å². The highest BCUT2D eigenvalue weighted by Crippen LogP contribution is 2.72.